The molecule has 4 rings (SSSR count). The lowest BCUT2D eigenvalue weighted by Gasteiger charge is -2.08. The molecule has 0 saturated heterocycles. The number of nitriles is 1. The van der Waals surface area contributed by atoms with E-state index in [0.29, 0.717) is 0 Å². The molecule has 0 aliphatic carbocycles. The van der Waals surface area contributed by atoms with Gasteiger partial charge in [0, 0.05) is 29.1 Å². The Morgan fingerprint density at radius 1 is 1.00 bits per heavy atom. The summed E-state index contributed by atoms with van der Waals surface area (Å²) in [5.41, 5.74) is 6.74. The molecule has 0 amide bonds. The first kappa shape index (κ1) is 18.5. The molecule has 0 bridgehead atoms. The van der Waals surface area contributed by atoms with E-state index < -0.39 is 0 Å². The molecule has 2 aromatic carbocycles. The summed E-state index contributed by atoms with van der Waals surface area (Å²) in [7, 11) is 1.66. The topological polar surface area (TPSA) is 63.7 Å². The molecule has 0 N–H and O–H groups in total. The molecule has 142 valence electrons. The van der Waals surface area contributed by atoms with Crippen LogP contribution in [0.5, 0.6) is 5.75 Å². The molecule has 29 heavy (non-hydrogen) atoms. The van der Waals surface area contributed by atoms with Crippen LogP contribution in [0.4, 0.5) is 0 Å². The molecule has 5 nitrogen and oxygen atoms in total. The first-order valence-corrected chi connectivity index (χ1v) is 9.30. The maximum absolute atomic E-state index is 9.14. The number of methoxy groups -OCH3 is 1. The Kier molecular flexibility index (Phi) is 5.08. The van der Waals surface area contributed by atoms with Crippen LogP contribution in [0, 0.1) is 18.3 Å². The third-order valence-corrected chi connectivity index (χ3v) is 4.69. The van der Waals surface area contributed by atoms with E-state index in [1.165, 1.54) is 0 Å². The van der Waals surface area contributed by atoms with Gasteiger partial charge in [-0.2, -0.15) is 10.4 Å². The predicted molar refractivity (Wildman–Crippen MR) is 113 cm³/mol. The Balaban J connectivity index is 1.87. The third kappa shape index (κ3) is 3.87. The maximum Gasteiger partial charge on any atom is 0.128 e. The van der Waals surface area contributed by atoms with Gasteiger partial charge in [-0.15, -0.1) is 0 Å². The molecule has 0 radical (unpaired) electrons. The van der Waals surface area contributed by atoms with Crippen molar-refractivity contribution >= 4 is 0 Å². The molecular weight excluding hydrogens is 360 g/mol. The van der Waals surface area contributed by atoms with Gasteiger partial charge in [0.15, 0.2) is 0 Å². The highest BCUT2D eigenvalue weighted by molar-refractivity contribution is 5.82. The Morgan fingerprint density at radius 3 is 2.59 bits per heavy atom. The van der Waals surface area contributed by atoms with Crippen molar-refractivity contribution in [1.29, 1.82) is 5.26 Å². The van der Waals surface area contributed by atoms with Crippen LogP contribution in [-0.2, 0) is 6.54 Å². The number of rotatable bonds is 5. The fraction of sp³-hybridized carbons (Fsp3) is 0.125. The summed E-state index contributed by atoms with van der Waals surface area (Å²) >= 11 is 0. The van der Waals surface area contributed by atoms with Crippen molar-refractivity contribution in [2.75, 3.05) is 7.11 Å². The molecule has 0 atom stereocenters. The number of pyridine rings is 1. The Morgan fingerprint density at radius 2 is 1.83 bits per heavy atom. The van der Waals surface area contributed by atoms with Crippen LogP contribution in [0.2, 0.25) is 0 Å². The molecule has 2 heterocycles. The van der Waals surface area contributed by atoms with Crippen LogP contribution in [-0.4, -0.2) is 21.9 Å². The minimum Gasteiger partial charge on any atom is -0.497 e. The summed E-state index contributed by atoms with van der Waals surface area (Å²) in [6.45, 7) is 2.21. The second kappa shape index (κ2) is 7.99. The highest BCUT2D eigenvalue weighted by Gasteiger charge is 2.15. The van der Waals surface area contributed by atoms with E-state index in [-0.39, 0.29) is 6.54 Å². The Bertz CT molecular complexity index is 1190. The van der Waals surface area contributed by atoms with Crippen LogP contribution in [0.25, 0.3) is 33.6 Å². The standard InChI is InChI=1S/C24H20N4O/c1-17-12-20(14-21(13-17)29-2)24-22(16-28(27-24)11-9-25)19-8-10-26-23(15-19)18-6-4-3-5-7-18/h3-8,10,12-16H,11H2,1-2H3. The van der Waals surface area contributed by atoms with Crippen molar-refractivity contribution in [3.05, 3.63) is 78.6 Å². The molecule has 0 saturated carbocycles. The average Bonchev–Trinajstić information content (AvgIpc) is 3.18. The van der Waals surface area contributed by atoms with E-state index >= 15 is 0 Å². The number of aromatic nitrogens is 3. The van der Waals surface area contributed by atoms with E-state index in [2.05, 4.69) is 28.3 Å². The van der Waals surface area contributed by atoms with E-state index in [1.807, 2.05) is 61.7 Å². The van der Waals surface area contributed by atoms with Crippen molar-refractivity contribution in [3.63, 3.8) is 0 Å². The molecule has 0 unspecified atom stereocenters. The normalized spacial score (nSPS) is 10.5. The molecular formula is C24H20N4O. The number of aryl methyl sites for hydroxylation is 1. The van der Waals surface area contributed by atoms with Crippen LogP contribution < -0.4 is 4.74 Å². The number of ether oxygens (including phenoxy) is 1. The molecule has 0 spiro atoms. The van der Waals surface area contributed by atoms with Gasteiger partial charge in [0.05, 0.1) is 18.9 Å². The molecule has 4 aromatic rings. The lowest BCUT2D eigenvalue weighted by atomic mass is 9.99. The number of benzene rings is 2. The van der Waals surface area contributed by atoms with Crippen LogP contribution in [0.1, 0.15) is 5.56 Å². The summed E-state index contributed by atoms with van der Waals surface area (Å²) in [5.74, 6) is 0.778. The minimum absolute atomic E-state index is 0.187. The summed E-state index contributed by atoms with van der Waals surface area (Å²) < 4.78 is 7.11. The van der Waals surface area contributed by atoms with Gasteiger partial charge >= 0.3 is 0 Å². The summed E-state index contributed by atoms with van der Waals surface area (Å²) in [4.78, 5) is 4.52. The van der Waals surface area contributed by atoms with E-state index in [1.54, 1.807) is 18.0 Å². The summed E-state index contributed by atoms with van der Waals surface area (Å²) in [6, 6.07) is 22.3. The highest BCUT2D eigenvalue weighted by Crippen LogP contribution is 2.34. The van der Waals surface area contributed by atoms with Crippen molar-refractivity contribution in [2.45, 2.75) is 13.5 Å². The first-order chi connectivity index (χ1) is 14.2. The van der Waals surface area contributed by atoms with E-state index in [9.17, 15) is 0 Å². The van der Waals surface area contributed by atoms with Crippen molar-refractivity contribution in [1.82, 2.24) is 14.8 Å². The maximum atomic E-state index is 9.14. The monoisotopic (exact) mass is 380 g/mol. The van der Waals surface area contributed by atoms with Gasteiger partial charge in [0.25, 0.3) is 0 Å². The SMILES string of the molecule is COc1cc(C)cc(-c2nn(CC#N)cc2-c2ccnc(-c3ccccc3)c2)c1. The van der Waals surface area contributed by atoms with Crippen LogP contribution in [0.15, 0.2) is 73.1 Å². The second-order valence-electron chi connectivity index (χ2n) is 6.78. The van der Waals surface area contributed by atoms with Crippen LogP contribution in [0.3, 0.4) is 0 Å². The van der Waals surface area contributed by atoms with Gasteiger partial charge < -0.3 is 4.74 Å². The zero-order valence-corrected chi connectivity index (χ0v) is 16.3. The zero-order valence-electron chi connectivity index (χ0n) is 16.3. The quantitative estimate of drug-likeness (QED) is 0.482. The largest absolute Gasteiger partial charge is 0.497 e. The lowest BCUT2D eigenvalue weighted by Crippen LogP contribution is -1.95. The van der Waals surface area contributed by atoms with Gasteiger partial charge in [0.2, 0.25) is 0 Å². The lowest BCUT2D eigenvalue weighted by molar-refractivity contribution is 0.414. The Hall–Kier alpha value is -3.91. The first-order valence-electron chi connectivity index (χ1n) is 9.30. The summed E-state index contributed by atoms with van der Waals surface area (Å²) in [5, 5.41) is 13.8. The van der Waals surface area contributed by atoms with Crippen LogP contribution >= 0.6 is 0 Å². The molecule has 0 aliphatic rings. The smallest absolute Gasteiger partial charge is 0.128 e. The van der Waals surface area contributed by atoms with E-state index in [0.717, 1.165) is 45.0 Å². The molecule has 5 heteroatoms. The average molecular weight is 380 g/mol. The highest BCUT2D eigenvalue weighted by atomic mass is 16.5. The zero-order chi connectivity index (χ0) is 20.2. The fourth-order valence-electron chi connectivity index (χ4n) is 3.37. The van der Waals surface area contributed by atoms with Gasteiger partial charge in [-0.05, 0) is 48.4 Å². The van der Waals surface area contributed by atoms with Crippen molar-refractivity contribution in [2.24, 2.45) is 0 Å². The van der Waals surface area contributed by atoms with Gasteiger partial charge in [-0.25, -0.2) is 0 Å². The molecule has 2 aromatic heterocycles. The number of hydrogen-bond donors (Lipinski definition) is 0. The van der Waals surface area contributed by atoms with Gasteiger partial charge in [-0.1, -0.05) is 30.3 Å². The Labute approximate surface area is 169 Å². The van der Waals surface area contributed by atoms with Gasteiger partial charge in [-0.3, -0.25) is 9.67 Å². The van der Waals surface area contributed by atoms with Gasteiger partial charge in [0.1, 0.15) is 18.0 Å². The predicted octanol–water partition coefficient (Wildman–Crippen LogP) is 5.12. The second-order valence-corrected chi connectivity index (χ2v) is 6.78. The fourth-order valence-corrected chi connectivity index (χ4v) is 3.37. The number of hydrogen-bond acceptors (Lipinski definition) is 4. The minimum atomic E-state index is 0.187. The molecule has 0 fully saturated rings. The molecule has 0 aliphatic heterocycles. The van der Waals surface area contributed by atoms with E-state index in [4.69, 9.17) is 10.00 Å². The summed E-state index contributed by atoms with van der Waals surface area (Å²) in [6.07, 6.45) is 3.72. The third-order valence-electron chi connectivity index (χ3n) is 4.69. The number of nitrogens with zero attached hydrogens (tertiary/aromatic N) is 4. The van der Waals surface area contributed by atoms with Crippen molar-refractivity contribution in [3.8, 4) is 45.5 Å². The van der Waals surface area contributed by atoms with Crippen molar-refractivity contribution < 1.29 is 4.74 Å².